The number of halogens is 1. The molecule has 1 aromatic heterocycles. The molecule has 0 aliphatic carbocycles. The lowest BCUT2D eigenvalue weighted by atomic mass is 9.98. The second-order valence-corrected chi connectivity index (χ2v) is 23.7. The Bertz CT molecular complexity index is 1540. The molecule has 44 heavy (non-hydrogen) atoms. The Morgan fingerprint density at radius 2 is 1.52 bits per heavy atom. The van der Waals surface area contributed by atoms with E-state index in [0.29, 0.717) is 12.0 Å². The maximum atomic E-state index is 13.0. The van der Waals surface area contributed by atoms with Gasteiger partial charge in [-0.05, 0) is 46.5 Å². The molecule has 10 heteroatoms. The maximum Gasteiger partial charge on any atom is 0.330 e. The van der Waals surface area contributed by atoms with Crippen LogP contribution in [0.5, 0.6) is 0 Å². The first-order chi connectivity index (χ1) is 20.5. The van der Waals surface area contributed by atoms with Crippen LogP contribution in [0.25, 0.3) is 0 Å². The van der Waals surface area contributed by atoms with Crippen LogP contribution in [0, 0.1) is 6.92 Å². The lowest BCUT2D eigenvalue weighted by Crippen LogP contribution is -2.68. The summed E-state index contributed by atoms with van der Waals surface area (Å²) in [6.07, 6.45) is 2.57. The number of hydrogen-bond donors (Lipinski definition) is 1. The Morgan fingerprint density at radius 1 is 0.977 bits per heavy atom. The third kappa shape index (κ3) is 6.54. The van der Waals surface area contributed by atoms with Crippen LogP contribution in [0.2, 0.25) is 23.2 Å². The maximum absolute atomic E-state index is 13.0. The van der Waals surface area contributed by atoms with Gasteiger partial charge in [0.15, 0.2) is 8.32 Å². The molecule has 1 aliphatic heterocycles. The van der Waals surface area contributed by atoms with Gasteiger partial charge in [-0.15, -0.1) is 0 Å². The van der Waals surface area contributed by atoms with Crippen LogP contribution in [0.4, 0.5) is 0 Å². The highest BCUT2D eigenvalue weighted by molar-refractivity contribution is 6.99. The van der Waals surface area contributed by atoms with Crippen LogP contribution in [0.3, 0.4) is 0 Å². The normalized spacial score (nSPS) is 21.7. The summed E-state index contributed by atoms with van der Waals surface area (Å²) in [7, 11) is -5.30. The molecule has 1 aliphatic rings. The van der Waals surface area contributed by atoms with Gasteiger partial charge in [0, 0.05) is 23.7 Å². The molecular formula is C34H47ClN2O5Si2. The monoisotopic (exact) mass is 654 g/mol. The summed E-state index contributed by atoms with van der Waals surface area (Å²) in [6, 6.07) is 20.9. The van der Waals surface area contributed by atoms with Gasteiger partial charge in [0.2, 0.25) is 0 Å². The highest BCUT2D eigenvalue weighted by Gasteiger charge is 2.56. The number of H-pyrrole nitrogens is 1. The van der Waals surface area contributed by atoms with Gasteiger partial charge < -0.3 is 13.6 Å². The molecule has 2 aromatic carbocycles. The van der Waals surface area contributed by atoms with E-state index >= 15 is 0 Å². The minimum atomic E-state index is -2.96. The zero-order chi connectivity index (χ0) is 32.6. The Hall–Kier alpha value is -2.54. The number of rotatable bonds is 9. The first-order valence-corrected chi connectivity index (χ1v) is 20.4. The summed E-state index contributed by atoms with van der Waals surface area (Å²) in [4.78, 5) is 27.7. The third-order valence-corrected chi connectivity index (χ3v) is 18.9. The molecule has 2 heterocycles. The van der Waals surface area contributed by atoms with Crippen molar-refractivity contribution in [2.45, 2.75) is 96.0 Å². The predicted octanol–water partition coefficient (Wildman–Crippen LogP) is 6.22. The summed E-state index contributed by atoms with van der Waals surface area (Å²) < 4.78 is 22.8. The molecule has 1 fully saturated rings. The van der Waals surface area contributed by atoms with E-state index in [9.17, 15) is 9.59 Å². The third-order valence-electron chi connectivity index (χ3n) is 9.29. The lowest BCUT2D eigenvalue weighted by molar-refractivity contribution is -0.0916. The Morgan fingerprint density at radius 3 is 2.00 bits per heavy atom. The van der Waals surface area contributed by atoms with Crippen molar-refractivity contribution in [3.8, 4) is 0 Å². The Labute approximate surface area is 268 Å². The summed E-state index contributed by atoms with van der Waals surface area (Å²) >= 11 is 6.38. The van der Waals surface area contributed by atoms with E-state index in [0.717, 1.165) is 10.4 Å². The van der Waals surface area contributed by atoms with E-state index in [4.69, 9.17) is 25.2 Å². The van der Waals surface area contributed by atoms with Crippen LogP contribution < -0.4 is 21.6 Å². The van der Waals surface area contributed by atoms with Crippen molar-refractivity contribution >= 4 is 38.6 Å². The topological polar surface area (TPSA) is 82.6 Å². The van der Waals surface area contributed by atoms with Crippen LogP contribution in [-0.4, -0.2) is 44.5 Å². The van der Waals surface area contributed by atoms with Gasteiger partial charge in [0.05, 0.1) is 12.7 Å². The highest BCUT2D eigenvalue weighted by Crippen LogP contribution is 2.46. The molecule has 3 aromatic rings. The van der Waals surface area contributed by atoms with Crippen molar-refractivity contribution in [3.05, 3.63) is 105 Å². The van der Waals surface area contributed by atoms with Crippen molar-refractivity contribution in [1.82, 2.24) is 9.55 Å². The molecular weight excluding hydrogens is 608 g/mol. The van der Waals surface area contributed by atoms with Gasteiger partial charge in [-0.25, -0.2) is 4.79 Å². The Kier molecular flexibility index (Phi) is 9.91. The molecule has 7 nitrogen and oxygen atoms in total. The van der Waals surface area contributed by atoms with Crippen LogP contribution in [0.15, 0.2) is 88.1 Å². The van der Waals surface area contributed by atoms with Gasteiger partial charge in [-0.3, -0.25) is 14.3 Å². The fraction of sp³-hybridized carbons (Fsp3) is 0.471. The van der Waals surface area contributed by atoms with Crippen molar-refractivity contribution in [2.75, 3.05) is 6.61 Å². The predicted molar refractivity (Wildman–Crippen MR) is 184 cm³/mol. The summed E-state index contributed by atoms with van der Waals surface area (Å²) in [6.45, 7) is 19.5. The molecule has 1 N–H and O–H groups in total. The van der Waals surface area contributed by atoms with E-state index < -0.39 is 45.8 Å². The number of benzene rings is 2. The average Bonchev–Trinajstić information content (AvgIpc) is 3.28. The fourth-order valence-corrected chi connectivity index (χ4v) is 12.0. The number of aryl methyl sites for hydroxylation is 1. The first kappa shape index (κ1) is 34.3. The fourth-order valence-electron chi connectivity index (χ4n) is 5.82. The highest BCUT2D eigenvalue weighted by atomic mass is 35.5. The smallest absolute Gasteiger partial charge is 0.330 e. The quantitative estimate of drug-likeness (QED) is 0.277. The molecule has 3 atom stereocenters. The number of ether oxygens (including phenoxy) is 1. The molecule has 238 valence electrons. The Balaban J connectivity index is 1.88. The van der Waals surface area contributed by atoms with Gasteiger partial charge in [0.25, 0.3) is 13.9 Å². The van der Waals surface area contributed by atoms with Gasteiger partial charge in [0.1, 0.15) is 11.8 Å². The van der Waals surface area contributed by atoms with Gasteiger partial charge in [-0.1, -0.05) is 114 Å². The standard InChI is InChI=1S/C34H47ClN2O5Si2/c1-25-23-37(31(39)36-30(25)38)29-22-28(42-43(8,9)32(2,3)4)34(41-29,20-21-35)24-40-44(33(5,6)7,26-16-12-10-13-17-26)27-18-14-11-15-19-27/h10-21,23,28-29H,22,24H2,1-9H3,(H,36,38,39)/b21-20+/t28-,29+,34+/m0/s1. The summed E-state index contributed by atoms with van der Waals surface area (Å²) in [5, 5.41) is 1.95. The van der Waals surface area contributed by atoms with Gasteiger partial charge in [-0.2, -0.15) is 0 Å². The molecule has 0 radical (unpaired) electrons. The molecule has 1 saturated heterocycles. The number of hydrogen-bond acceptors (Lipinski definition) is 5. The summed E-state index contributed by atoms with van der Waals surface area (Å²) in [5.74, 6) is 0. The van der Waals surface area contributed by atoms with E-state index in [1.54, 1.807) is 13.1 Å². The van der Waals surface area contributed by atoms with Crippen molar-refractivity contribution in [3.63, 3.8) is 0 Å². The van der Waals surface area contributed by atoms with Crippen molar-refractivity contribution in [1.29, 1.82) is 0 Å². The van der Waals surface area contributed by atoms with E-state index in [2.05, 4.69) is 108 Å². The van der Waals surface area contributed by atoms with Crippen molar-refractivity contribution < 1.29 is 13.6 Å². The zero-order valence-corrected chi connectivity index (χ0v) is 30.2. The lowest BCUT2D eigenvalue weighted by Gasteiger charge is -2.46. The molecule has 0 unspecified atom stereocenters. The second kappa shape index (κ2) is 12.7. The minimum Gasteiger partial charge on any atom is -0.410 e. The number of nitrogens with one attached hydrogen (secondary N) is 1. The molecule has 0 spiro atoms. The largest absolute Gasteiger partial charge is 0.410 e. The first-order valence-electron chi connectivity index (χ1n) is 15.2. The van der Waals surface area contributed by atoms with E-state index in [1.807, 2.05) is 18.2 Å². The van der Waals surface area contributed by atoms with Gasteiger partial charge >= 0.3 is 5.69 Å². The van der Waals surface area contributed by atoms with Crippen LogP contribution in [0.1, 0.15) is 59.8 Å². The minimum absolute atomic E-state index is 0.0776. The second-order valence-electron chi connectivity index (χ2n) is 14.4. The SMILES string of the molecule is Cc1cn([C@H]2C[C@H](O[Si](C)(C)C(C)(C)C)[C@@](/C=C/Cl)(CO[Si](c3ccccc3)(c3ccccc3)C(C)(C)C)O2)c(=O)[nH]c1=O. The number of aromatic nitrogens is 2. The molecule has 0 bridgehead atoms. The van der Waals surface area contributed by atoms with E-state index in [1.165, 1.54) is 10.1 Å². The number of nitrogens with zero attached hydrogens (tertiary/aromatic N) is 1. The number of aromatic amines is 1. The zero-order valence-electron chi connectivity index (χ0n) is 27.4. The molecule has 4 rings (SSSR count). The van der Waals surface area contributed by atoms with Crippen LogP contribution in [-0.2, 0) is 13.6 Å². The van der Waals surface area contributed by atoms with Crippen LogP contribution >= 0.6 is 11.6 Å². The average molecular weight is 655 g/mol. The molecule has 0 amide bonds. The van der Waals surface area contributed by atoms with Crippen molar-refractivity contribution in [2.24, 2.45) is 0 Å². The molecule has 0 saturated carbocycles. The summed E-state index contributed by atoms with van der Waals surface area (Å²) in [5.41, 5.74) is -0.183. The van der Waals surface area contributed by atoms with E-state index in [-0.39, 0.29) is 16.7 Å².